The molecule has 3 rings (SSSR count). The molecule has 0 aromatic heterocycles. The molecular weight excluding hydrogens is 379 g/mol. The summed E-state index contributed by atoms with van der Waals surface area (Å²) in [6.45, 7) is 4.38. The van der Waals surface area contributed by atoms with Crippen LogP contribution >= 0.6 is 12.4 Å². The topological polar surface area (TPSA) is 41.6 Å². The lowest BCUT2D eigenvalue weighted by atomic mass is 10.00. The van der Waals surface area contributed by atoms with E-state index in [9.17, 15) is 9.18 Å². The Morgan fingerprint density at radius 2 is 1.93 bits per heavy atom. The van der Waals surface area contributed by atoms with Gasteiger partial charge in [0.05, 0.1) is 13.2 Å². The van der Waals surface area contributed by atoms with Crippen LogP contribution in [0.15, 0.2) is 42.5 Å². The standard InChI is InChI=1S/C22H27FN2O2.ClH/c1-3-16-4-8-18(9-5-16)20-15-24-12-13-25(20)22(26)11-7-17-6-10-21(27-2)19(23)14-17;/h4-6,8-10,14,20,24H,3,7,11-13,15H2,1-2H3;1H. The quantitative estimate of drug-likeness (QED) is 0.790. The van der Waals surface area contributed by atoms with Crippen molar-refractivity contribution in [1.29, 1.82) is 0 Å². The van der Waals surface area contributed by atoms with E-state index in [0.29, 0.717) is 19.4 Å². The van der Waals surface area contributed by atoms with Gasteiger partial charge in [-0.3, -0.25) is 4.79 Å². The molecule has 6 heteroatoms. The molecule has 4 nitrogen and oxygen atoms in total. The van der Waals surface area contributed by atoms with E-state index in [4.69, 9.17) is 4.74 Å². The number of methoxy groups -OCH3 is 1. The van der Waals surface area contributed by atoms with Crippen LogP contribution in [0.2, 0.25) is 0 Å². The second-order valence-electron chi connectivity index (χ2n) is 6.87. The molecular formula is C22H28ClFN2O2. The maximum atomic E-state index is 13.8. The molecule has 1 aliphatic rings. The van der Waals surface area contributed by atoms with Crippen molar-refractivity contribution in [3.63, 3.8) is 0 Å². The van der Waals surface area contributed by atoms with Crippen molar-refractivity contribution in [1.82, 2.24) is 10.2 Å². The smallest absolute Gasteiger partial charge is 0.223 e. The summed E-state index contributed by atoms with van der Waals surface area (Å²) in [5.74, 6) is -0.0569. The third-order valence-electron chi connectivity index (χ3n) is 5.18. The van der Waals surface area contributed by atoms with Crippen LogP contribution in [0.25, 0.3) is 0 Å². The van der Waals surface area contributed by atoms with Gasteiger partial charge >= 0.3 is 0 Å². The van der Waals surface area contributed by atoms with Crippen LogP contribution in [0.5, 0.6) is 5.75 Å². The molecule has 0 saturated carbocycles. The minimum atomic E-state index is -0.390. The molecule has 2 aromatic carbocycles. The molecule has 28 heavy (non-hydrogen) atoms. The van der Waals surface area contributed by atoms with Gasteiger partial charge in [0.1, 0.15) is 0 Å². The van der Waals surface area contributed by atoms with E-state index in [1.54, 1.807) is 6.07 Å². The average Bonchev–Trinajstić information content (AvgIpc) is 2.72. The maximum absolute atomic E-state index is 13.8. The lowest BCUT2D eigenvalue weighted by Gasteiger charge is -2.36. The minimum absolute atomic E-state index is 0. The summed E-state index contributed by atoms with van der Waals surface area (Å²) in [5, 5.41) is 3.38. The number of amides is 1. The van der Waals surface area contributed by atoms with E-state index in [2.05, 4.69) is 36.5 Å². The summed E-state index contributed by atoms with van der Waals surface area (Å²) in [4.78, 5) is 14.8. The van der Waals surface area contributed by atoms with Gasteiger partial charge in [-0.15, -0.1) is 12.4 Å². The molecule has 1 N–H and O–H groups in total. The second kappa shape index (κ2) is 10.4. The molecule has 1 heterocycles. The molecule has 1 fully saturated rings. The van der Waals surface area contributed by atoms with Gasteiger partial charge in [-0.05, 0) is 41.7 Å². The van der Waals surface area contributed by atoms with Crippen LogP contribution in [0.1, 0.15) is 36.1 Å². The first kappa shape index (κ1) is 22.2. The molecule has 1 atom stereocenters. The van der Waals surface area contributed by atoms with Gasteiger partial charge < -0.3 is 15.0 Å². The summed E-state index contributed by atoms with van der Waals surface area (Å²) in [5.41, 5.74) is 3.26. The van der Waals surface area contributed by atoms with Crippen LogP contribution in [0, 0.1) is 5.82 Å². The summed E-state index contributed by atoms with van der Waals surface area (Å²) in [6, 6.07) is 13.4. The monoisotopic (exact) mass is 406 g/mol. The summed E-state index contributed by atoms with van der Waals surface area (Å²) in [7, 11) is 1.44. The van der Waals surface area contributed by atoms with Crippen molar-refractivity contribution >= 4 is 18.3 Å². The van der Waals surface area contributed by atoms with Crippen molar-refractivity contribution in [3.05, 3.63) is 65.0 Å². The van der Waals surface area contributed by atoms with Crippen molar-refractivity contribution < 1.29 is 13.9 Å². The molecule has 0 radical (unpaired) electrons. The second-order valence-corrected chi connectivity index (χ2v) is 6.87. The van der Waals surface area contributed by atoms with Gasteiger partial charge in [0.25, 0.3) is 0 Å². The zero-order valence-electron chi connectivity index (χ0n) is 16.4. The Kier molecular flexibility index (Phi) is 8.27. The van der Waals surface area contributed by atoms with Crippen molar-refractivity contribution in [2.45, 2.75) is 32.2 Å². The normalized spacial score (nSPS) is 16.4. The number of ether oxygens (including phenoxy) is 1. The fourth-order valence-electron chi connectivity index (χ4n) is 3.54. The fourth-order valence-corrected chi connectivity index (χ4v) is 3.54. The highest BCUT2D eigenvalue weighted by molar-refractivity contribution is 5.85. The predicted molar refractivity (Wildman–Crippen MR) is 112 cm³/mol. The number of carbonyl (C=O) groups excluding carboxylic acids is 1. The van der Waals surface area contributed by atoms with Crippen molar-refractivity contribution in [3.8, 4) is 5.75 Å². The third kappa shape index (κ3) is 5.24. The van der Waals surface area contributed by atoms with Crippen LogP contribution in [-0.4, -0.2) is 37.6 Å². The average molecular weight is 407 g/mol. The van der Waals surface area contributed by atoms with E-state index < -0.39 is 5.82 Å². The summed E-state index contributed by atoms with van der Waals surface area (Å²) in [6.07, 6.45) is 1.89. The third-order valence-corrected chi connectivity index (χ3v) is 5.18. The maximum Gasteiger partial charge on any atom is 0.223 e. The lowest BCUT2D eigenvalue weighted by Crippen LogP contribution is -2.48. The number of aryl methyl sites for hydroxylation is 2. The largest absolute Gasteiger partial charge is 0.494 e. The summed E-state index contributed by atoms with van der Waals surface area (Å²) < 4.78 is 18.8. The van der Waals surface area contributed by atoms with E-state index in [-0.39, 0.29) is 30.1 Å². The Labute approximate surface area is 172 Å². The van der Waals surface area contributed by atoms with E-state index in [1.165, 1.54) is 18.7 Å². The van der Waals surface area contributed by atoms with E-state index >= 15 is 0 Å². The number of nitrogens with zero attached hydrogens (tertiary/aromatic N) is 1. The number of hydrogen-bond donors (Lipinski definition) is 1. The first-order chi connectivity index (χ1) is 13.1. The van der Waals surface area contributed by atoms with Gasteiger partial charge in [-0.25, -0.2) is 4.39 Å². The highest BCUT2D eigenvalue weighted by Crippen LogP contribution is 2.24. The predicted octanol–water partition coefficient (Wildman–Crippen LogP) is 3.92. The number of benzene rings is 2. The molecule has 1 aliphatic heterocycles. The zero-order chi connectivity index (χ0) is 19.2. The molecule has 0 aliphatic carbocycles. The van der Waals surface area contributed by atoms with Crippen LogP contribution in [-0.2, 0) is 17.6 Å². The van der Waals surface area contributed by atoms with Gasteiger partial charge in [0.2, 0.25) is 5.91 Å². The molecule has 152 valence electrons. The Balaban J connectivity index is 0.00000280. The number of piperazine rings is 1. The van der Waals surface area contributed by atoms with Crippen LogP contribution < -0.4 is 10.1 Å². The Morgan fingerprint density at radius 1 is 1.21 bits per heavy atom. The van der Waals surface area contributed by atoms with Crippen LogP contribution in [0.4, 0.5) is 4.39 Å². The highest BCUT2D eigenvalue weighted by Gasteiger charge is 2.27. The number of hydrogen-bond acceptors (Lipinski definition) is 3. The highest BCUT2D eigenvalue weighted by atomic mass is 35.5. The SMILES string of the molecule is CCc1ccc(C2CNCCN2C(=O)CCc2ccc(OC)c(F)c2)cc1.Cl. The lowest BCUT2D eigenvalue weighted by molar-refractivity contribution is -0.134. The van der Waals surface area contributed by atoms with Gasteiger partial charge in [-0.1, -0.05) is 37.3 Å². The first-order valence-corrected chi connectivity index (χ1v) is 9.53. The number of rotatable bonds is 6. The summed E-state index contributed by atoms with van der Waals surface area (Å²) >= 11 is 0. The van der Waals surface area contributed by atoms with Gasteiger partial charge in [0.15, 0.2) is 11.6 Å². The number of halogens is 2. The van der Waals surface area contributed by atoms with Crippen molar-refractivity contribution in [2.24, 2.45) is 0 Å². The van der Waals surface area contributed by atoms with Crippen LogP contribution in [0.3, 0.4) is 0 Å². The Bertz CT molecular complexity index is 783. The van der Waals surface area contributed by atoms with E-state index in [0.717, 1.165) is 30.6 Å². The minimum Gasteiger partial charge on any atom is -0.494 e. The van der Waals surface area contributed by atoms with Gasteiger partial charge in [0, 0.05) is 26.1 Å². The van der Waals surface area contributed by atoms with Gasteiger partial charge in [-0.2, -0.15) is 0 Å². The zero-order valence-corrected chi connectivity index (χ0v) is 17.2. The fraction of sp³-hybridized carbons (Fsp3) is 0.409. The van der Waals surface area contributed by atoms with E-state index in [1.807, 2.05) is 11.0 Å². The molecule has 1 unspecified atom stereocenters. The number of carbonyl (C=O) groups is 1. The molecule has 2 aromatic rings. The molecule has 1 saturated heterocycles. The number of nitrogens with one attached hydrogen (secondary N) is 1. The Morgan fingerprint density at radius 3 is 2.57 bits per heavy atom. The molecule has 0 bridgehead atoms. The molecule has 0 spiro atoms. The first-order valence-electron chi connectivity index (χ1n) is 9.53. The molecule has 1 amide bonds. The Hall–Kier alpha value is -2.11. The van der Waals surface area contributed by atoms with Crippen molar-refractivity contribution in [2.75, 3.05) is 26.7 Å².